The fraction of sp³-hybridized carbons (Fsp3) is 0.857. The van der Waals surface area contributed by atoms with E-state index in [1.54, 1.807) is 0 Å². The molecule has 0 atom stereocenters. The Morgan fingerprint density at radius 1 is 1.36 bits per heavy atom. The first kappa shape index (κ1) is 8.59. The first-order valence-corrected chi connectivity index (χ1v) is 3.90. The van der Waals surface area contributed by atoms with E-state index in [-0.39, 0.29) is 12.2 Å². The Balaban J connectivity index is 2.33. The van der Waals surface area contributed by atoms with E-state index in [9.17, 15) is 4.79 Å². The Hall–Kier alpha value is -0.505. The lowest BCUT2D eigenvalue weighted by Crippen LogP contribution is -2.46. The zero-order valence-electron chi connectivity index (χ0n) is 6.92. The number of piperazine rings is 1. The molecule has 0 aromatic carbocycles. The highest BCUT2D eigenvalue weighted by Crippen LogP contribution is 2.00. The number of rotatable bonds is 1. The van der Waals surface area contributed by atoms with Crippen LogP contribution in [0.1, 0.15) is 0 Å². The third-order valence-electron chi connectivity index (χ3n) is 2.03. The average Bonchev–Trinajstić information content (AvgIpc) is 2.05. The van der Waals surface area contributed by atoms with Crippen LogP contribution in [0.25, 0.3) is 0 Å². The monoisotopic (exact) mass is 152 g/mol. The van der Waals surface area contributed by atoms with Gasteiger partial charge in [0.15, 0.2) is 0 Å². The third-order valence-corrected chi connectivity index (χ3v) is 2.03. The van der Waals surface area contributed by atoms with Gasteiger partial charge >= 0.3 is 0 Å². The van der Waals surface area contributed by atoms with Crippen LogP contribution < -0.4 is 0 Å². The van der Waals surface area contributed by atoms with E-state index < -0.39 is 0 Å². The summed E-state index contributed by atoms with van der Waals surface area (Å²) in [4.78, 5) is 15.1. The standard InChI is InChI=1S/C7H13BN2O/c1-9-2-4-10(5-3-9)7(11)6-8/h2-6H2,1H3. The molecule has 0 aromatic rings. The molecule has 4 heteroatoms. The van der Waals surface area contributed by atoms with Crippen molar-refractivity contribution in [2.45, 2.75) is 6.32 Å². The van der Waals surface area contributed by atoms with E-state index in [2.05, 4.69) is 11.9 Å². The molecule has 0 aliphatic carbocycles. The molecule has 1 aliphatic rings. The van der Waals surface area contributed by atoms with Crippen molar-refractivity contribution in [2.24, 2.45) is 0 Å². The highest BCUT2D eigenvalue weighted by Gasteiger charge is 2.16. The summed E-state index contributed by atoms with van der Waals surface area (Å²) in [6.45, 7) is 3.58. The van der Waals surface area contributed by atoms with Crippen molar-refractivity contribution in [3.8, 4) is 0 Å². The summed E-state index contributed by atoms with van der Waals surface area (Å²) in [5.41, 5.74) is 0. The summed E-state index contributed by atoms with van der Waals surface area (Å²) in [5, 5.41) is 0. The van der Waals surface area contributed by atoms with Gasteiger partial charge in [0.05, 0.1) is 7.85 Å². The smallest absolute Gasteiger partial charge is 0.213 e. The van der Waals surface area contributed by atoms with Gasteiger partial charge in [0.2, 0.25) is 5.91 Å². The second kappa shape index (κ2) is 3.76. The Kier molecular flexibility index (Phi) is 2.94. The summed E-state index contributed by atoms with van der Waals surface area (Å²) in [6.07, 6.45) is 0.143. The van der Waals surface area contributed by atoms with Gasteiger partial charge in [0.25, 0.3) is 0 Å². The first-order chi connectivity index (χ1) is 5.24. The van der Waals surface area contributed by atoms with Crippen LogP contribution in [0.4, 0.5) is 0 Å². The minimum Gasteiger partial charge on any atom is -0.341 e. The Labute approximate surface area is 68.8 Å². The topological polar surface area (TPSA) is 23.6 Å². The lowest BCUT2D eigenvalue weighted by Gasteiger charge is -2.32. The number of carbonyl (C=O) groups excluding carboxylic acids is 1. The molecule has 1 aliphatic heterocycles. The lowest BCUT2D eigenvalue weighted by atomic mass is 10.0. The normalized spacial score (nSPS) is 20.3. The van der Waals surface area contributed by atoms with Crippen molar-refractivity contribution >= 4 is 13.8 Å². The fourth-order valence-electron chi connectivity index (χ4n) is 1.18. The molecule has 1 heterocycles. The summed E-state index contributed by atoms with van der Waals surface area (Å²) >= 11 is 0. The highest BCUT2D eigenvalue weighted by atomic mass is 16.2. The van der Waals surface area contributed by atoms with Crippen molar-refractivity contribution < 1.29 is 4.79 Å². The molecule has 1 fully saturated rings. The van der Waals surface area contributed by atoms with Gasteiger partial charge < -0.3 is 9.80 Å². The molecule has 0 bridgehead atoms. The van der Waals surface area contributed by atoms with Gasteiger partial charge in [-0.15, -0.1) is 0 Å². The molecule has 0 N–H and O–H groups in total. The predicted molar refractivity (Wildman–Crippen MR) is 44.6 cm³/mol. The largest absolute Gasteiger partial charge is 0.341 e. The summed E-state index contributed by atoms with van der Waals surface area (Å²) in [7, 11) is 7.29. The molecule has 1 amide bonds. The second-order valence-corrected chi connectivity index (χ2v) is 2.89. The van der Waals surface area contributed by atoms with Gasteiger partial charge in [-0.05, 0) is 13.4 Å². The maximum Gasteiger partial charge on any atom is 0.213 e. The Morgan fingerprint density at radius 2 is 1.91 bits per heavy atom. The molecule has 0 saturated carbocycles. The molecular formula is C7H13BN2O. The maximum absolute atomic E-state index is 11.1. The van der Waals surface area contributed by atoms with Gasteiger partial charge in [0, 0.05) is 26.2 Å². The second-order valence-electron chi connectivity index (χ2n) is 2.89. The molecule has 2 radical (unpaired) electrons. The summed E-state index contributed by atoms with van der Waals surface area (Å²) < 4.78 is 0. The molecule has 1 rings (SSSR count). The number of nitrogens with zero attached hydrogens (tertiary/aromatic N) is 2. The molecule has 3 nitrogen and oxygen atoms in total. The minimum absolute atomic E-state index is 0.0677. The van der Waals surface area contributed by atoms with Crippen LogP contribution in [-0.2, 0) is 4.79 Å². The van der Waals surface area contributed by atoms with Gasteiger partial charge in [0.1, 0.15) is 0 Å². The molecular weight excluding hydrogens is 139 g/mol. The highest BCUT2D eigenvalue weighted by molar-refractivity contribution is 6.19. The van der Waals surface area contributed by atoms with E-state index in [0.29, 0.717) is 0 Å². The van der Waals surface area contributed by atoms with Crippen molar-refractivity contribution in [1.82, 2.24) is 9.80 Å². The van der Waals surface area contributed by atoms with Gasteiger partial charge in [-0.3, -0.25) is 4.79 Å². The summed E-state index contributed by atoms with van der Waals surface area (Å²) in [5.74, 6) is 0.0677. The van der Waals surface area contributed by atoms with Crippen LogP contribution in [0, 0.1) is 0 Å². The number of carbonyl (C=O) groups is 1. The molecule has 0 unspecified atom stereocenters. The third kappa shape index (κ3) is 2.22. The quantitative estimate of drug-likeness (QED) is 0.466. The van der Waals surface area contributed by atoms with E-state index in [4.69, 9.17) is 7.85 Å². The van der Waals surface area contributed by atoms with Gasteiger partial charge in [-0.2, -0.15) is 0 Å². The lowest BCUT2D eigenvalue weighted by molar-refractivity contribution is -0.130. The van der Waals surface area contributed by atoms with Crippen LogP contribution in [0.3, 0.4) is 0 Å². The number of amides is 1. The van der Waals surface area contributed by atoms with Crippen LogP contribution >= 0.6 is 0 Å². The zero-order chi connectivity index (χ0) is 8.27. The summed E-state index contributed by atoms with van der Waals surface area (Å²) in [6, 6.07) is 0. The van der Waals surface area contributed by atoms with E-state index in [1.807, 2.05) is 4.90 Å². The average molecular weight is 152 g/mol. The zero-order valence-corrected chi connectivity index (χ0v) is 6.92. The maximum atomic E-state index is 11.1. The van der Waals surface area contributed by atoms with E-state index >= 15 is 0 Å². The molecule has 11 heavy (non-hydrogen) atoms. The number of likely N-dealkylation sites (N-methyl/N-ethyl adjacent to an activating group) is 1. The van der Waals surface area contributed by atoms with Crippen molar-refractivity contribution in [2.75, 3.05) is 33.2 Å². The van der Waals surface area contributed by atoms with Gasteiger partial charge in [-0.25, -0.2) is 0 Å². The van der Waals surface area contributed by atoms with E-state index in [0.717, 1.165) is 26.2 Å². The van der Waals surface area contributed by atoms with Crippen LogP contribution in [0.15, 0.2) is 0 Å². The SMILES string of the molecule is [B]CC(=O)N1CCN(C)CC1. The Bertz CT molecular complexity index is 143. The molecule has 1 saturated heterocycles. The van der Waals surface area contributed by atoms with Gasteiger partial charge in [-0.1, -0.05) is 0 Å². The van der Waals surface area contributed by atoms with Crippen LogP contribution in [0.5, 0.6) is 0 Å². The van der Waals surface area contributed by atoms with Crippen molar-refractivity contribution in [3.63, 3.8) is 0 Å². The first-order valence-electron chi connectivity index (χ1n) is 3.90. The fourth-order valence-corrected chi connectivity index (χ4v) is 1.18. The van der Waals surface area contributed by atoms with Crippen LogP contribution in [-0.4, -0.2) is 56.8 Å². The minimum atomic E-state index is 0.0677. The van der Waals surface area contributed by atoms with Crippen LogP contribution in [0.2, 0.25) is 6.32 Å². The molecule has 0 spiro atoms. The number of hydrogen-bond donors (Lipinski definition) is 0. The predicted octanol–water partition coefficient (Wildman–Crippen LogP) is -0.653. The van der Waals surface area contributed by atoms with Crippen molar-refractivity contribution in [3.05, 3.63) is 0 Å². The number of hydrogen-bond acceptors (Lipinski definition) is 2. The van der Waals surface area contributed by atoms with E-state index in [1.165, 1.54) is 0 Å². The molecule has 0 aromatic heterocycles. The van der Waals surface area contributed by atoms with Crippen molar-refractivity contribution in [1.29, 1.82) is 0 Å². The molecule has 60 valence electrons. The Morgan fingerprint density at radius 3 is 2.36 bits per heavy atom.